The fourth-order valence-corrected chi connectivity index (χ4v) is 2.38. The van der Waals surface area contributed by atoms with Gasteiger partial charge >= 0.3 is 0 Å². The Labute approximate surface area is 134 Å². The van der Waals surface area contributed by atoms with Gasteiger partial charge in [0.15, 0.2) is 0 Å². The topological polar surface area (TPSA) is 21.3 Å². The molecule has 118 valence electrons. The van der Waals surface area contributed by atoms with E-state index in [1.807, 2.05) is 26.0 Å². The first-order chi connectivity index (χ1) is 10.6. The summed E-state index contributed by atoms with van der Waals surface area (Å²) in [5, 5.41) is 3.59. The van der Waals surface area contributed by atoms with E-state index in [9.17, 15) is 0 Å². The zero-order chi connectivity index (χ0) is 15.8. The average molecular weight is 297 g/mol. The van der Waals surface area contributed by atoms with E-state index < -0.39 is 0 Å². The van der Waals surface area contributed by atoms with E-state index in [-0.39, 0.29) is 6.10 Å². The van der Waals surface area contributed by atoms with E-state index in [0.29, 0.717) is 6.04 Å². The minimum Gasteiger partial charge on any atom is -0.491 e. The number of benzene rings is 2. The van der Waals surface area contributed by atoms with Gasteiger partial charge in [-0.15, -0.1) is 0 Å². The van der Waals surface area contributed by atoms with Crippen LogP contribution in [-0.4, -0.2) is 12.1 Å². The highest BCUT2D eigenvalue weighted by Gasteiger charge is 2.03. The molecule has 1 N–H and O–H groups in total. The van der Waals surface area contributed by atoms with Gasteiger partial charge in [-0.1, -0.05) is 42.5 Å². The maximum Gasteiger partial charge on any atom is 0.119 e. The molecule has 0 unspecified atom stereocenters. The summed E-state index contributed by atoms with van der Waals surface area (Å²) in [6.07, 6.45) is 2.50. The molecule has 2 aromatic rings. The smallest absolute Gasteiger partial charge is 0.119 e. The Bertz CT molecular complexity index is 533. The van der Waals surface area contributed by atoms with Crippen LogP contribution in [0.25, 0.3) is 0 Å². The van der Waals surface area contributed by atoms with Crippen molar-refractivity contribution in [3.63, 3.8) is 0 Å². The molecule has 2 heteroatoms. The molecule has 0 spiro atoms. The Kier molecular flexibility index (Phi) is 6.47. The van der Waals surface area contributed by atoms with Crippen LogP contribution < -0.4 is 10.1 Å². The molecule has 0 aliphatic rings. The van der Waals surface area contributed by atoms with E-state index in [4.69, 9.17) is 4.74 Å². The molecular formula is C20H27NO. The van der Waals surface area contributed by atoms with E-state index in [1.165, 1.54) is 11.1 Å². The van der Waals surface area contributed by atoms with Crippen LogP contribution in [-0.2, 0) is 13.0 Å². The third kappa shape index (κ3) is 5.90. The molecule has 2 nitrogen and oxygen atoms in total. The van der Waals surface area contributed by atoms with Crippen molar-refractivity contribution in [3.8, 4) is 5.75 Å². The first-order valence-electron chi connectivity index (χ1n) is 8.16. The van der Waals surface area contributed by atoms with Gasteiger partial charge in [-0.25, -0.2) is 0 Å². The van der Waals surface area contributed by atoms with Crippen molar-refractivity contribution in [2.45, 2.75) is 52.3 Å². The second kappa shape index (κ2) is 8.60. The summed E-state index contributed by atoms with van der Waals surface area (Å²) in [6, 6.07) is 19.5. The van der Waals surface area contributed by atoms with Crippen LogP contribution in [0.15, 0.2) is 54.6 Å². The Morgan fingerprint density at radius 2 is 1.55 bits per heavy atom. The molecule has 0 saturated carbocycles. The van der Waals surface area contributed by atoms with Crippen molar-refractivity contribution < 1.29 is 4.74 Å². The molecule has 0 bridgehead atoms. The summed E-state index contributed by atoms with van der Waals surface area (Å²) in [7, 11) is 0. The lowest BCUT2D eigenvalue weighted by molar-refractivity contribution is 0.242. The SMILES string of the molecule is CC(C)Oc1ccc(CN[C@H](C)CCc2ccccc2)cc1. The van der Waals surface area contributed by atoms with Crippen LogP contribution >= 0.6 is 0 Å². The van der Waals surface area contributed by atoms with E-state index in [0.717, 1.165) is 25.1 Å². The maximum absolute atomic E-state index is 5.66. The van der Waals surface area contributed by atoms with Crippen LogP contribution in [0.3, 0.4) is 0 Å². The van der Waals surface area contributed by atoms with E-state index in [2.05, 4.69) is 54.7 Å². The molecule has 0 fully saturated rings. The normalized spacial score (nSPS) is 12.4. The first-order valence-corrected chi connectivity index (χ1v) is 8.16. The van der Waals surface area contributed by atoms with Gasteiger partial charge < -0.3 is 10.1 Å². The van der Waals surface area contributed by atoms with Crippen molar-refractivity contribution in [2.24, 2.45) is 0 Å². The third-order valence-corrected chi connectivity index (χ3v) is 3.66. The van der Waals surface area contributed by atoms with Gasteiger partial charge in [-0.3, -0.25) is 0 Å². The number of aryl methyl sites for hydroxylation is 1. The van der Waals surface area contributed by atoms with Gasteiger partial charge in [0, 0.05) is 12.6 Å². The predicted molar refractivity (Wildman–Crippen MR) is 93.3 cm³/mol. The number of nitrogens with one attached hydrogen (secondary N) is 1. The Morgan fingerprint density at radius 1 is 0.864 bits per heavy atom. The van der Waals surface area contributed by atoms with Crippen LogP contribution in [0.2, 0.25) is 0 Å². The summed E-state index contributed by atoms with van der Waals surface area (Å²) in [6.45, 7) is 7.24. The number of hydrogen-bond donors (Lipinski definition) is 1. The molecule has 2 aromatic carbocycles. The van der Waals surface area contributed by atoms with Crippen molar-refractivity contribution in [3.05, 3.63) is 65.7 Å². The maximum atomic E-state index is 5.66. The zero-order valence-electron chi connectivity index (χ0n) is 13.9. The quantitative estimate of drug-likeness (QED) is 0.770. The van der Waals surface area contributed by atoms with Crippen LogP contribution in [0.1, 0.15) is 38.3 Å². The molecule has 0 aliphatic heterocycles. The lowest BCUT2D eigenvalue weighted by atomic mass is 10.1. The number of rotatable bonds is 8. The lowest BCUT2D eigenvalue weighted by Crippen LogP contribution is -2.25. The largest absolute Gasteiger partial charge is 0.491 e. The monoisotopic (exact) mass is 297 g/mol. The van der Waals surface area contributed by atoms with Gasteiger partial charge in [0.25, 0.3) is 0 Å². The van der Waals surface area contributed by atoms with Gasteiger partial charge in [0.05, 0.1) is 6.10 Å². The highest BCUT2D eigenvalue weighted by molar-refractivity contribution is 5.27. The molecule has 0 heterocycles. The van der Waals surface area contributed by atoms with E-state index >= 15 is 0 Å². The Hall–Kier alpha value is -1.80. The second-order valence-electron chi connectivity index (χ2n) is 6.12. The molecule has 0 radical (unpaired) electrons. The zero-order valence-corrected chi connectivity index (χ0v) is 13.9. The van der Waals surface area contributed by atoms with Gasteiger partial charge in [-0.05, 0) is 56.9 Å². The van der Waals surface area contributed by atoms with Crippen molar-refractivity contribution in [2.75, 3.05) is 0 Å². The van der Waals surface area contributed by atoms with Crippen LogP contribution in [0, 0.1) is 0 Å². The molecule has 22 heavy (non-hydrogen) atoms. The molecule has 0 amide bonds. The standard InChI is InChI=1S/C20H27NO/c1-16(2)22-20-13-11-19(12-14-20)15-21-17(3)9-10-18-7-5-4-6-8-18/h4-8,11-14,16-17,21H,9-10,15H2,1-3H3/t17-/m1/s1. The Balaban J connectivity index is 1.72. The molecule has 0 saturated heterocycles. The van der Waals surface area contributed by atoms with Crippen molar-refractivity contribution in [1.29, 1.82) is 0 Å². The first kappa shape index (κ1) is 16.6. The summed E-state index contributed by atoms with van der Waals surface area (Å²) in [5.41, 5.74) is 2.70. The summed E-state index contributed by atoms with van der Waals surface area (Å²) < 4.78 is 5.66. The molecule has 2 rings (SSSR count). The fraction of sp³-hybridized carbons (Fsp3) is 0.400. The second-order valence-corrected chi connectivity index (χ2v) is 6.12. The minimum absolute atomic E-state index is 0.224. The van der Waals surface area contributed by atoms with Crippen molar-refractivity contribution >= 4 is 0 Å². The lowest BCUT2D eigenvalue weighted by Gasteiger charge is -2.14. The molecule has 0 aromatic heterocycles. The summed E-state index contributed by atoms with van der Waals surface area (Å²) in [4.78, 5) is 0. The molecule has 1 atom stereocenters. The van der Waals surface area contributed by atoms with Gasteiger partial charge in [0.2, 0.25) is 0 Å². The summed E-state index contributed by atoms with van der Waals surface area (Å²) in [5.74, 6) is 0.941. The van der Waals surface area contributed by atoms with Gasteiger partial charge in [0.1, 0.15) is 5.75 Å². The molecule has 0 aliphatic carbocycles. The van der Waals surface area contributed by atoms with E-state index in [1.54, 1.807) is 0 Å². The third-order valence-electron chi connectivity index (χ3n) is 3.66. The minimum atomic E-state index is 0.224. The fourth-order valence-electron chi connectivity index (χ4n) is 2.38. The highest BCUT2D eigenvalue weighted by atomic mass is 16.5. The predicted octanol–water partition coefficient (Wildman–Crippen LogP) is 4.58. The summed E-state index contributed by atoms with van der Waals surface area (Å²) >= 11 is 0. The van der Waals surface area contributed by atoms with Crippen LogP contribution in [0.4, 0.5) is 0 Å². The number of hydrogen-bond acceptors (Lipinski definition) is 2. The average Bonchev–Trinajstić information content (AvgIpc) is 2.53. The highest BCUT2D eigenvalue weighted by Crippen LogP contribution is 2.14. The van der Waals surface area contributed by atoms with Gasteiger partial charge in [-0.2, -0.15) is 0 Å². The molecular weight excluding hydrogens is 270 g/mol. The Morgan fingerprint density at radius 3 is 2.18 bits per heavy atom. The number of ether oxygens (including phenoxy) is 1. The van der Waals surface area contributed by atoms with Crippen LogP contribution in [0.5, 0.6) is 5.75 Å². The van der Waals surface area contributed by atoms with Crippen molar-refractivity contribution in [1.82, 2.24) is 5.32 Å².